The van der Waals surface area contributed by atoms with Crippen molar-refractivity contribution in [3.8, 4) is 0 Å². The van der Waals surface area contributed by atoms with E-state index in [0.717, 1.165) is 29.4 Å². The molecule has 0 unspecified atom stereocenters. The fourth-order valence-electron chi connectivity index (χ4n) is 2.26. The number of anilines is 1. The number of nitrogens with two attached hydrogens (primary N) is 1. The van der Waals surface area contributed by atoms with Crippen LogP contribution in [0.3, 0.4) is 0 Å². The van der Waals surface area contributed by atoms with Crippen LogP contribution in [0.2, 0.25) is 5.02 Å². The summed E-state index contributed by atoms with van der Waals surface area (Å²) in [4.78, 5) is 17.9. The van der Waals surface area contributed by atoms with Crippen LogP contribution in [-0.2, 0) is 12.8 Å². The van der Waals surface area contributed by atoms with Crippen LogP contribution in [0.1, 0.15) is 27.3 Å². The molecule has 3 rings (SSSR count). The highest BCUT2D eigenvalue weighted by molar-refractivity contribution is 9.10. The monoisotopic (exact) mass is 385 g/mol. The first-order chi connectivity index (χ1) is 10.0. The van der Waals surface area contributed by atoms with Crippen LogP contribution >= 0.6 is 38.9 Å². The molecule has 0 aliphatic heterocycles. The van der Waals surface area contributed by atoms with Crippen molar-refractivity contribution in [3.05, 3.63) is 43.8 Å². The second-order valence-corrected chi connectivity index (χ2v) is 7.32. The minimum atomic E-state index is -0.209. The summed E-state index contributed by atoms with van der Waals surface area (Å²) in [6, 6.07) is 5.30. The molecule has 3 N–H and O–H groups in total. The van der Waals surface area contributed by atoms with E-state index in [1.54, 1.807) is 18.2 Å². The molecule has 0 radical (unpaired) electrons. The highest BCUT2D eigenvalue weighted by Gasteiger charge is 2.21. The molecular weight excluding hydrogens is 374 g/mol. The Morgan fingerprint density at radius 2 is 2.33 bits per heavy atom. The topological polar surface area (TPSA) is 68.0 Å². The van der Waals surface area contributed by atoms with Gasteiger partial charge in [-0.2, -0.15) is 0 Å². The van der Waals surface area contributed by atoms with Gasteiger partial charge in [-0.15, -0.1) is 11.3 Å². The molecule has 0 spiro atoms. The molecule has 21 heavy (non-hydrogen) atoms. The second-order valence-electron chi connectivity index (χ2n) is 4.97. The van der Waals surface area contributed by atoms with Gasteiger partial charge in [0.05, 0.1) is 10.7 Å². The number of thiazole rings is 1. The average Bonchev–Trinajstić information content (AvgIpc) is 2.83. The van der Waals surface area contributed by atoms with Crippen LogP contribution in [0.5, 0.6) is 0 Å². The van der Waals surface area contributed by atoms with E-state index in [1.807, 2.05) is 0 Å². The van der Waals surface area contributed by atoms with Crippen molar-refractivity contribution in [3.63, 3.8) is 0 Å². The largest absolute Gasteiger partial charge is 0.327 e. The Morgan fingerprint density at radius 3 is 3.10 bits per heavy atom. The van der Waals surface area contributed by atoms with E-state index in [1.165, 1.54) is 16.2 Å². The molecule has 1 atom stereocenters. The Hall–Kier alpha value is -0.950. The molecule has 2 aromatic rings. The van der Waals surface area contributed by atoms with E-state index in [4.69, 9.17) is 17.3 Å². The lowest BCUT2D eigenvalue weighted by atomic mass is 9.99. The Labute approximate surface area is 139 Å². The molecule has 1 heterocycles. The number of benzene rings is 1. The molecule has 1 aromatic carbocycles. The number of hydrogen-bond donors (Lipinski definition) is 2. The average molecular weight is 387 g/mol. The molecular formula is C14H13BrClN3OS. The Balaban J connectivity index is 1.77. The van der Waals surface area contributed by atoms with Crippen molar-refractivity contribution < 1.29 is 4.79 Å². The van der Waals surface area contributed by atoms with Crippen LogP contribution in [0.25, 0.3) is 0 Å². The summed E-state index contributed by atoms with van der Waals surface area (Å²) in [6.07, 6.45) is 2.67. The van der Waals surface area contributed by atoms with Crippen LogP contribution in [-0.4, -0.2) is 16.9 Å². The summed E-state index contributed by atoms with van der Waals surface area (Å²) < 4.78 is 0.763. The van der Waals surface area contributed by atoms with Crippen LogP contribution < -0.4 is 11.1 Å². The minimum Gasteiger partial charge on any atom is -0.327 e. The van der Waals surface area contributed by atoms with E-state index < -0.39 is 0 Å². The fraction of sp³-hybridized carbons (Fsp3) is 0.286. The SMILES string of the molecule is N[C@H]1CCc2nc(NC(=O)c3ccc(Br)c(Cl)c3)sc2C1. The number of nitrogens with one attached hydrogen (secondary N) is 1. The Bertz CT molecular complexity index is 704. The maximum atomic E-state index is 12.2. The number of halogens is 2. The van der Waals surface area contributed by atoms with Gasteiger partial charge in [-0.3, -0.25) is 10.1 Å². The lowest BCUT2D eigenvalue weighted by Gasteiger charge is -2.15. The van der Waals surface area contributed by atoms with Crippen molar-refractivity contribution in [2.75, 3.05) is 5.32 Å². The Morgan fingerprint density at radius 1 is 1.52 bits per heavy atom. The molecule has 1 amide bonds. The van der Waals surface area contributed by atoms with Crippen LogP contribution in [0.4, 0.5) is 5.13 Å². The van der Waals surface area contributed by atoms with Crippen molar-refractivity contribution >= 4 is 49.9 Å². The molecule has 0 bridgehead atoms. The third-order valence-electron chi connectivity index (χ3n) is 3.38. The van der Waals surface area contributed by atoms with Gasteiger partial charge in [-0.25, -0.2) is 4.98 Å². The predicted octanol–water partition coefficient (Wildman–Crippen LogP) is 3.63. The van der Waals surface area contributed by atoms with E-state index in [0.29, 0.717) is 15.7 Å². The van der Waals surface area contributed by atoms with Gasteiger partial charge in [0.15, 0.2) is 5.13 Å². The number of hydrogen-bond acceptors (Lipinski definition) is 4. The molecule has 4 nitrogen and oxygen atoms in total. The van der Waals surface area contributed by atoms with Crippen LogP contribution in [0, 0.1) is 0 Å². The van der Waals surface area contributed by atoms with Crippen molar-refractivity contribution in [2.24, 2.45) is 5.73 Å². The number of aryl methyl sites for hydroxylation is 1. The van der Waals surface area contributed by atoms with Crippen molar-refractivity contribution in [2.45, 2.75) is 25.3 Å². The quantitative estimate of drug-likeness (QED) is 0.828. The molecule has 110 valence electrons. The summed E-state index contributed by atoms with van der Waals surface area (Å²) in [5.41, 5.74) is 7.52. The summed E-state index contributed by atoms with van der Waals surface area (Å²) in [5, 5.41) is 3.96. The first-order valence-electron chi connectivity index (χ1n) is 6.53. The van der Waals surface area contributed by atoms with Gasteiger partial charge in [0.1, 0.15) is 0 Å². The number of fused-ring (bicyclic) bond motifs is 1. The van der Waals surface area contributed by atoms with Crippen LogP contribution in [0.15, 0.2) is 22.7 Å². The van der Waals surface area contributed by atoms with Gasteiger partial charge in [0, 0.05) is 21.0 Å². The van der Waals surface area contributed by atoms with Gasteiger partial charge < -0.3 is 5.73 Å². The summed E-state index contributed by atoms with van der Waals surface area (Å²) >= 11 is 10.8. The third-order valence-corrected chi connectivity index (χ3v) is 5.65. The van der Waals surface area contributed by atoms with E-state index in [-0.39, 0.29) is 11.9 Å². The molecule has 7 heteroatoms. The second kappa shape index (κ2) is 6.04. The highest BCUT2D eigenvalue weighted by atomic mass is 79.9. The predicted molar refractivity (Wildman–Crippen MR) is 89.2 cm³/mol. The lowest BCUT2D eigenvalue weighted by Crippen LogP contribution is -2.27. The smallest absolute Gasteiger partial charge is 0.257 e. The van der Waals surface area contributed by atoms with Gasteiger partial charge >= 0.3 is 0 Å². The third kappa shape index (κ3) is 3.29. The van der Waals surface area contributed by atoms with Gasteiger partial charge in [-0.05, 0) is 53.4 Å². The summed E-state index contributed by atoms with van der Waals surface area (Å²) in [5.74, 6) is -0.209. The lowest BCUT2D eigenvalue weighted by molar-refractivity contribution is 0.102. The molecule has 0 saturated carbocycles. The van der Waals surface area contributed by atoms with Gasteiger partial charge in [0.2, 0.25) is 0 Å². The van der Waals surface area contributed by atoms with E-state index in [9.17, 15) is 4.79 Å². The summed E-state index contributed by atoms with van der Waals surface area (Å²) in [7, 11) is 0. The zero-order chi connectivity index (χ0) is 15.0. The first kappa shape index (κ1) is 15.0. The maximum Gasteiger partial charge on any atom is 0.257 e. The highest BCUT2D eigenvalue weighted by Crippen LogP contribution is 2.30. The molecule has 1 aliphatic carbocycles. The number of carbonyl (C=O) groups excluding carboxylic acids is 1. The standard InChI is InChI=1S/C14H13BrClN3OS/c15-9-3-1-7(5-10(9)16)13(20)19-14-18-11-4-2-8(17)6-12(11)21-14/h1,3,5,8H,2,4,6,17H2,(H,18,19,20)/t8-/m0/s1. The zero-order valence-corrected chi connectivity index (χ0v) is 14.2. The molecule has 0 fully saturated rings. The minimum absolute atomic E-state index is 0.201. The zero-order valence-electron chi connectivity index (χ0n) is 11.0. The Kier molecular flexibility index (Phi) is 4.31. The number of carbonyl (C=O) groups is 1. The van der Waals surface area contributed by atoms with Gasteiger partial charge in [0.25, 0.3) is 5.91 Å². The first-order valence-corrected chi connectivity index (χ1v) is 8.52. The van der Waals surface area contributed by atoms with Gasteiger partial charge in [-0.1, -0.05) is 11.6 Å². The molecule has 1 aliphatic rings. The fourth-order valence-corrected chi connectivity index (χ4v) is 3.78. The number of aromatic nitrogens is 1. The van der Waals surface area contributed by atoms with Crippen molar-refractivity contribution in [1.29, 1.82) is 0 Å². The number of nitrogens with zero attached hydrogens (tertiary/aromatic N) is 1. The normalized spacial score (nSPS) is 17.4. The molecule has 1 aromatic heterocycles. The maximum absolute atomic E-state index is 12.2. The summed E-state index contributed by atoms with van der Waals surface area (Å²) in [6.45, 7) is 0. The van der Waals surface area contributed by atoms with Crippen molar-refractivity contribution in [1.82, 2.24) is 4.98 Å². The number of amides is 1. The number of rotatable bonds is 2. The van der Waals surface area contributed by atoms with E-state index >= 15 is 0 Å². The van der Waals surface area contributed by atoms with E-state index in [2.05, 4.69) is 26.2 Å². The molecule has 0 saturated heterocycles.